The predicted molar refractivity (Wildman–Crippen MR) is 124 cm³/mol. The molecule has 0 radical (unpaired) electrons. The molecule has 162 valence electrons. The Morgan fingerprint density at radius 3 is 2.35 bits per heavy atom. The van der Waals surface area contributed by atoms with E-state index in [4.69, 9.17) is 4.74 Å². The summed E-state index contributed by atoms with van der Waals surface area (Å²) < 4.78 is 5.18. The Bertz CT molecular complexity index is 957. The lowest BCUT2D eigenvalue weighted by molar-refractivity contribution is -0.134. The zero-order valence-corrected chi connectivity index (χ0v) is 18.5. The Morgan fingerprint density at radius 1 is 1.03 bits per heavy atom. The summed E-state index contributed by atoms with van der Waals surface area (Å²) in [7, 11) is 3.32. The van der Waals surface area contributed by atoms with Gasteiger partial charge in [-0.25, -0.2) is 4.99 Å². The third-order valence-electron chi connectivity index (χ3n) is 5.55. The Kier molecular flexibility index (Phi) is 6.46. The number of para-hydroxylation sites is 1. The summed E-state index contributed by atoms with van der Waals surface area (Å²) >= 11 is 1.37. The number of nitrogens with zero attached hydrogens (tertiary/aromatic N) is 4. The van der Waals surface area contributed by atoms with Crippen LogP contribution in [0.3, 0.4) is 0 Å². The highest BCUT2D eigenvalue weighted by Crippen LogP contribution is 2.30. The molecule has 2 aromatic carbocycles. The summed E-state index contributed by atoms with van der Waals surface area (Å²) in [5.74, 6) is 0.668. The molecule has 7 nitrogen and oxygen atoms in total. The number of aliphatic imine (C=N–C) groups is 1. The van der Waals surface area contributed by atoms with E-state index in [1.807, 2.05) is 47.4 Å². The standard InChI is InChI=1S/C23H26N4O3S/c1-25-21(28)16-20(31-23(25)24-17-8-10-19(30-2)11-9-17)22(29)27-14-12-26(13-15-27)18-6-4-3-5-7-18/h3-11,20H,12-16H2,1-2H3/t20-/m0/s1. The SMILES string of the molecule is COc1ccc(N=C2S[C@H](C(=O)N3CCN(c4ccccc4)CC3)CC(=O)N2C)cc1. The molecule has 0 unspecified atom stereocenters. The second-order valence-electron chi connectivity index (χ2n) is 7.50. The number of methoxy groups -OCH3 is 1. The minimum Gasteiger partial charge on any atom is -0.497 e. The van der Waals surface area contributed by atoms with Gasteiger partial charge < -0.3 is 14.5 Å². The zero-order chi connectivity index (χ0) is 21.8. The van der Waals surface area contributed by atoms with Gasteiger partial charge in [0.25, 0.3) is 0 Å². The van der Waals surface area contributed by atoms with Gasteiger partial charge in [0.1, 0.15) is 11.0 Å². The average molecular weight is 439 g/mol. The van der Waals surface area contributed by atoms with Crippen molar-refractivity contribution in [3.63, 3.8) is 0 Å². The number of hydrogen-bond donors (Lipinski definition) is 0. The number of carbonyl (C=O) groups is 2. The zero-order valence-electron chi connectivity index (χ0n) is 17.7. The largest absolute Gasteiger partial charge is 0.497 e. The molecule has 2 amide bonds. The first kappa shape index (κ1) is 21.2. The first-order valence-corrected chi connectivity index (χ1v) is 11.2. The fourth-order valence-corrected chi connectivity index (χ4v) is 4.83. The first-order chi connectivity index (χ1) is 15.0. The van der Waals surface area contributed by atoms with Crippen molar-refractivity contribution in [2.75, 3.05) is 45.2 Å². The maximum absolute atomic E-state index is 13.2. The molecule has 2 aliphatic heterocycles. The maximum atomic E-state index is 13.2. The van der Waals surface area contributed by atoms with Crippen LogP contribution in [0, 0.1) is 0 Å². The van der Waals surface area contributed by atoms with Crippen LogP contribution in [0.2, 0.25) is 0 Å². The molecule has 31 heavy (non-hydrogen) atoms. The van der Waals surface area contributed by atoms with Crippen molar-refractivity contribution < 1.29 is 14.3 Å². The summed E-state index contributed by atoms with van der Waals surface area (Å²) in [6.07, 6.45) is 0.195. The molecule has 4 rings (SSSR count). The Hall–Kier alpha value is -3.00. The molecule has 0 saturated carbocycles. The third kappa shape index (κ3) is 4.85. The van der Waals surface area contributed by atoms with E-state index >= 15 is 0 Å². The van der Waals surface area contributed by atoms with Crippen LogP contribution in [-0.4, -0.2) is 72.4 Å². The number of rotatable bonds is 4. The molecule has 2 aliphatic rings. The van der Waals surface area contributed by atoms with E-state index in [9.17, 15) is 9.59 Å². The van der Waals surface area contributed by atoms with Gasteiger partial charge in [-0.3, -0.25) is 14.5 Å². The molecule has 2 saturated heterocycles. The molecule has 2 aromatic rings. The second kappa shape index (κ2) is 9.43. The van der Waals surface area contributed by atoms with Crippen LogP contribution < -0.4 is 9.64 Å². The van der Waals surface area contributed by atoms with Gasteiger partial charge in [0.05, 0.1) is 12.8 Å². The second-order valence-corrected chi connectivity index (χ2v) is 8.67. The van der Waals surface area contributed by atoms with Crippen molar-refractivity contribution in [1.29, 1.82) is 0 Å². The number of thioether (sulfide) groups is 1. The number of piperazine rings is 1. The predicted octanol–water partition coefficient (Wildman–Crippen LogP) is 3.00. The number of hydrogen-bond acceptors (Lipinski definition) is 6. The van der Waals surface area contributed by atoms with Crippen molar-refractivity contribution in [3.8, 4) is 5.75 Å². The highest BCUT2D eigenvalue weighted by molar-refractivity contribution is 8.15. The average Bonchev–Trinajstić information content (AvgIpc) is 2.82. The van der Waals surface area contributed by atoms with E-state index in [0.717, 1.165) is 18.8 Å². The van der Waals surface area contributed by atoms with E-state index in [-0.39, 0.29) is 18.2 Å². The van der Waals surface area contributed by atoms with Gasteiger partial charge in [0.15, 0.2) is 5.17 Å². The highest BCUT2D eigenvalue weighted by atomic mass is 32.2. The molecule has 0 aromatic heterocycles. The molecule has 2 heterocycles. The lowest BCUT2D eigenvalue weighted by atomic mass is 10.2. The lowest BCUT2D eigenvalue weighted by Gasteiger charge is -2.38. The first-order valence-electron chi connectivity index (χ1n) is 10.3. The number of amidine groups is 1. The molecular formula is C23H26N4O3S. The topological polar surface area (TPSA) is 65.5 Å². The minimum absolute atomic E-state index is 0.0154. The fraction of sp³-hybridized carbons (Fsp3) is 0.348. The molecule has 2 fully saturated rings. The summed E-state index contributed by atoms with van der Waals surface area (Å²) in [5, 5.41) is 0.103. The van der Waals surface area contributed by atoms with Gasteiger partial charge in [0.2, 0.25) is 11.8 Å². The van der Waals surface area contributed by atoms with Gasteiger partial charge in [-0.15, -0.1) is 0 Å². The molecule has 1 atom stereocenters. The molecule has 8 heteroatoms. The van der Waals surface area contributed by atoms with Gasteiger partial charge in [-0.1, -0.05) is 30.0 Å². The smallest absolute Gasteiger partial charge is 0.236 e. The van der Waals surface area contributed by atoms with Crippen molar-refractivity contribution in [2.45, 2.75) is 11.7 Å². The maximum Gasteiger partial charge on any atom is 0.236 e. The van der Waals surface area contributed by atoms with Gasteiger partial charge in [-0.05, 0) is 36.4 Å². The highest BCUT2D eigenvalue weighted by Gasteiger charge is 2.37. The number of anilines is 1. The van der Waals surface area contributed by atoms with Crippen LogP contribution in [-0.2, 0) is 9.59 Å². The lowest BCUT2D eigenvalue weighted by Crippen LogP contribution is -2.53. The van der Waals surface area contributed by atoms with Crippen LogP contribution in [0.1, 0.15) is 6.42 Å². The third-order valence-corrected chi connectivity index (χ3v) is 6.78. The van der Waals surface area contributed by atoms with Crippen molar-refractivity contribution in [2.24, 2.45) is 4.99 Å². The van der Waals surface area contributed by atoms with Gasteiger partial charge in [-0.2, -0.15) is 0 Å². The van der Waals surface area contributed by atoms with Crippen molar-refractivity contribution >= 4 is 40.1 Å². The van der Waals surface area contributed by atoms with Crippen LogP contribution in [0.15, 0.2) is 59.6 Å². The molecule has 0 bridgehead atoms. The molecule has 0 spiro atoms. The van der Waals surface area contributed by atoms with E-state index in [1.54, 1.807) is 14.2 Å². The van der Waals surface area contributed by atoms with Crippen molar-refractivity contribution in [3.05, 3.63) is 54.6 Å². The quantitative estimate of drug-likeness (QED) is 0.734. The monoisotopic (exact) mass is 438 g/mol. The Morgan fingerprint density at radius 2 is 1.71 bits per heavy atom. The number of amides is 2. The van der Waals surface area contributed by atoms with Crippen molar-refractivity contribution in [1.82, 2.24) is 9.80 Å². The number of carbonyl (C=O) groups excluding carboxylic acids is 2. The van der Waals surface area contributed by atoms with Crippen LogP contribution >= 0.6 is 11.8 Å². The minimum atomic E-state index is -0.441. The molecule has 0 N–H and O–H groups in total. The molecule has 0 aliphatic carbocycles. The Labute approximate surface area is 186 Å². The Balaban J connectivity index is 1.42. The van der Waals surface area contributed by atoms with Gasteiger partial charge in [0, 0.05) is 45.3 Å². The van der Waals surface area contributed by atoms with Crippen LogP contribution in [0.5, 0.6) is 5.75 Å². The summed E-state index contributed by atoms with van der Waals surface area (Å²) in [6, 6.07) is 17.5. The van der Waals surface area contributed by atoms with Crippen LogP contribution in [0.25, 0.3) is 0 Å². The number of benzene rings is 2. The normalized spacial score (nSPS) is 20.8. The van der Waals surface area contributed by atoms with E-state index in [0.29, 0.717) is 23.9 Å². The van der Waals surface area contributed by atoms with E-state index < -0.39 is 5.25 Å². The summed E-state index contributed by atoms with van der Waals surface area (Å²) in [4.78, 5) is 36.0. The van der Waals surface area contributed by atoms with Crippen LogP contribution in [0.4, 0.5) is 11.4 Å². The fourth-order valence-electron chi connectivity index (χ4n) is 3.68. The van der Waals surface area contributed by atoms with E-state index in [1.165, 1.54) is 22.3 Å². The number of ether oxygens (including phenoxy) is 1. The van der Waals surface area contributed by atoms with Gasteiger partial charge >= 0.3 is 0 Å². The van der Waals surface area contributed by atoms with E-state index in [2.05, 4.69) is 22.0 Å². The summed E-state index contributed by atoms with van der Waals surface area (Å²) in [6.45, 7) is 2.88. The summed E-state index contributed by atoms with van der Waals surface area (Å²) in [5.41, 5.74) is 1.89. The molecular weight excluding hydrogens is 412 g/mol.